The van der Waals surface area contributed by atoms with E-state index >= 15 is 0 Å². The van der Waals surface area contributed by atoms with Gasteiger partial charge in [0.05, 0.1) is 5.75 Å². The lowest BCUT2D eigenvalue weighted by Crippen LogP contribution is -2.09. The van der Waals surface area contributed by atoms with Gasteiger partial charge in [-0.2, -0.15) is 4.98 Å². The summed E-state index contributed by atoms with van der Waals surface area (Å²) in [7, 11) is 0. The molecule has 2 aromatic heterocycles. The average Bonchev–Trinajstić information content (AvgIpc) is 3.03. The minimum absolute atomic E-state index is 0.0249. The second kappa shape index (κ2) is 7.65. The Hall–Kier alpha value is -2.74. The molecular weight excluding hydrogens is 350 g/mol. The summed E-state index contributed by atoms with van der Waals surface area (Å²) < 4.78 is 1.67. The number of anilines is 1. The van der Waals surface area contributed by atoms with Crippen molar-refractivity contribution in [2.24, 2.45) is 0 Å². The summed E-state index contributed by atoms with van der Waals surface area (Å²) in [5.41, 5.74) is 3.09. The number of thioether (sulfide) groups is 1. The number of nitrogens with one attached hydrogen (secondary N) is 1. The first-order valence-corrected chi connectivity index (χ1v) is 9.21. The van der Waals surface area contributed by atoms with E-state index in [9.17, 15) is 9.59 Å². The SMILES string of the molecule is CCC(=O)Nc1ccc(C(=O)CSc2nc3nc(C)cc(C)n3n2)cc1. The topological polar surface area (TPSA) is 89.2 Å². The zero-order valence-corrected chi connectivity index (χ0v) is 15.6. The van der Waals surface area contributed by atoms with Crippen LogP contribution in [0.4, 0.5) is 5.69 Å². The van der Waals surface area contributed by atoms with Crippen LogP contribution in [-0.4, -0.2) is 37.0 Å². The van der Waals surface area contributed by atoms with E-state index in [0.717, 1.165) is 11.4 Å². The number of Topliss-reactive ketones (excluding diaryl/α,β-unsaturated/α-hetero) is 1. The van der Waals surface area contributed by atoms with Gasteiger partial charge in [-0.3, -0.25) is 9.59 Å². The van der Waals surface area contributed by atoms with Crippen LogP contribution < -0.4 is 5.32 Å². The number of carbonyl (C=O) groups is 2. The first-order valence-electron chi connectivity index (χ1n) is 8.23. The van der Waals surface area contributed by atoms with Crippen molar-refractivity contribution in [2.45, 2.75) is 32.3 Å². The van der Waals surface area contributed by atoms with E-state index in [2.05, 4.69) is 20.4 Å². The molecule has 0 spiro atoms. The zero-order chi connectivity index (χ0) is 18.7. The highest BCUT2D eigenvalue weighted by Crippen LogP contribution is 2.18. The third-order valence-electron chi connectivity index (χ3n) is 3.74. The average molecular weight is 369 g/mol. The van der Waals surface area contributed by atoms with E-state index in [-0.39, 0.29) is 17.4 Å². The molecule has 26 heavy (non-hydrogen) atoms. The highest BCUT2D eigenvalue weighted by molar-refractivity contribution is 7.99. The molecule has 1 N–H and O–H groups in total. The van der Waals surface area contributed by atoms with E-state index in [1.807, 2.05) is 19.9 Å². The Morgan fingerprint density at radius 1 is 1.15 bits per heavy atom. The molecular formula is C18H19N5O2S. The van der Waals surface area contributed by atoms with Crippen molar-refractivity contribution >= 4 is 34.9 Å². The predicted octanol–water partition coefficient (Wildman–Crippen LogP) is 3.06. The molecule has 0 bridgehead atoms. The fraction of sp³-hybridized carbons (Fsp3) is 0.278. The van der Waals surface area contributed by atoms with Gasteiger partial charge in [0.25, 0.3) is 5.78 Å². The van der Waals surface area contributed by atoms with Crippen LogP contribution in [0.1, 0.15) is 35.1 Å². The van der Waals surface area contributed by atoms with E-state index in [1.54, 1.807) is 35.7 Å². The Bertz CT molecular complexity index is 966. The van der Waals surface area contributed by atoms with Crippen molar-refractivity contribution in [3.63, 3.8) is 0 Å². The van der Waals surface area contributed by atoms with E-state index < -0.39 is 0 Å². The van der Waals surface area contributed by atoms with Gasteiger partial charge in [-0.15, -0.1) is 5.10 Å². The molecule has 8 heteroatoms. The maximum atomic E-state index is 12.4. The van der Waals surface area contributed by atoms with Crippen molar-refractivity contribution < 1.29 is 9.59 Å². The van der Waals surface area contributed by atoms with E-state index in [4.69, 9.17) is 0 Å². The van der Waals surface area contributed by atoms with Gasteiger partial charge >= 0.3 is 0 Å². The molecule has 7 nitrogen and oxygen atoms in total. The van der Waals surface area contributed by atoms with Crippen LogP contribution >= 0.6 is 11.8 Å². The quantitative estimate of drug-likeness (QED) is 0.531. The van der Waals surface area contributed by atoms with Crippen LogP contribution in [0.3, 0.4) is 0 Å². The molecule has 0 atom stereocenters. The lowest BCUT2D eigenvalue weighted by molar-refractivity contribution is -0.115. The number of aromatic nitrogens is 4. The highest BCUT2D eigenvalue weighted by Gasteiger charge is 2.12. The molecule has 1 amide bonds. The van der Waals surface area contributed by atoms with Gasteiger partial charge in [-0.05, 0) is 44.2 Å². The predicted molar refractivity (Wildman–Crippen MR) is 101 cm³/mol. The number of aryl methyl sites for hydroxylation is 2. The smallest absolute Gasteiger partial charge is 0.253 e. The van der Waals surface area contributed by atoms with Gasteiger partial charge in [0.15, 0.2) is 5.78 Å². The van der Waals surface area contributed by atoms with Gasteiger partial charge in [-0.1, -0.05) is 18.7 Å². The summed E-state index contributed by atoms with van der Waals surface area (Å²) in [6, 6.07) is 8.80. The third kappa shape index (κ3) is 4.08. The summed E-state index contributed by atoms with van der Waals surface area (Å²) in [4.78, 5) is 32.4. The lowest BCUT2D eigenvalue weighted by atomic mass is 10.1. The van der Waals surface area contributed by atoms with Crippen LogP contribution in [0.25, 0.3) is 5.78 Å². The van der Waals surface area contributed by atoms with Crippen LogP contribution in [0.2, 0.25) is 0 Å². The monoisotopic (exact) mass is 369 g/mol. The number of hydrogen-bond acceptors (Lipinski definition) is 6. The minimum atomic E-state index is -0.0586. The van der Waals surface area contributed by atoms with Crippen LogP contribution in [-0.2, 0) is 4.79 Å². The van der Waals surface area contributed by atoms with Crippen molar-refractivity contribution in [2.75, 3.05) is 11.1 Å². The maximum Gasteiger partial charge on any atom is 0.253 e. The van der Waals surface area contributed by atoms with Crippen molar-refractivity contribution in [1.29, 1.82) is 0 Å². The van der Waals surface area contributed by atoms with Crippen molar-refractivity contribution in [3.05, 3.63) is 47.3 Å². The Balaban J connectivity index is 1.65. The van der Waals surface area contributed by atoms with Crippen LogP contribution in [0.15, 0.2) is 35.5 Å². The standard InChI is InChI=1S/C18H19N5O2S/c1-4-16(25)20-14-7-5-13(6-8-14)15(24)10-26-18-21-17-19-11(2)9-12(3)23(17)22-18/h5-9H,4,10H2,1-3H3,(H,20,25). The minimum Gasteiger partial charge on any atom is -0.326 e. The van der Waals surface area contributed by atoms with Crippen molar-refractivity contribution in [3.8, 4) is 0 Å². The van der Waals surface area contributed by atoms with Gasteiger partial charge in [-0.25, -0.2) is 9.50 Å². The molecule has 0 saturated heterocycles. The normalized spacial score (nSPS) is 10.9. The number of ketones is 1. The Kier molecular flexibility index (Phi) is 5.32. The fourth-order valence-corrected chi connectivity index (χ4v) is 3.12. The molecule has 2 heterocycles. The lowest BCUT2D eigenvalue weighted by Gasteiger charge is -2.04. The molecule has 1 aromatic carbocycles. The number of fused-ring (bicyclic) bond motifs is 1. The number of carbonyl (C=O) groups excluding carboxylic acids is 2. The van der Waals surface area contributed by atoms with Gasteiger partial charge in [0.2, 0.25) is 11.1 Å². The number of amides is 1. The Morgan fingerprint density at radius 3 is 2.58 bits per heavy atom. The van der Waals surface area contributed by atoms with Crippen LogP contribution in [0, 0.1) is 13.8 Å². The highest BCUT2D eigenvalue weighted by atomic mass is 32.2. The summed E-state index contributed by atoms with van der Waals surface area (Å²) >= 11 is 1.28. The van der Waals surface area contributed by atoms with Crippen molar-refractivity contribution in [1.82, 2.24) is 19.6 Å². The summed E-state index contributed by atoms with van der Waals surface area (Å²) in [6.07, 6.45) is 0.414. The molecule has 134 valence electrons. The van der Waals surface area contributed by atoms with E-state index in [1.165, 1.54) is 11.8 Å². The van der Waals surface area contributed by atoms with Crippen LogP contribution in [0.5, 0.6) is 0 Å². The number of benzene rings is 1. The largest absolute Gasteiger partial charge is 0.326 e. The van der Waals surface area contributed by atoms with E-state index in [0.29, 0.717) is 28.6 Å². The molecule has 0 aliphatic rings. The number of hydrogen-bond donors (Lipinski definition) is 1. The molecule has 3 aromatic rings. The maximum absolute atomic E-state index is 12.4. The summed E-state index contributed by atoms with van der Waals surface area (Å²) in [5.74, 6) is 0.684. The second-order valence-electron chi connectivity index (χ2n) is 5.84. The van der Waals surface area contributed by atoms with Gasteiger partial charge in [0.1, 0.15) is 0 Å². The summed E-state index contributed by atoms with van der Waals surface area (Å²) in [5, 5.41) is 7.66. The summed E-state index contributed by atoms with van der Waals surface area (Å²) in [6.45, 7) is 5.63. The fourth-order valence-electron chi connectivity index (χ4n) is 2.41. The molecule has 0 aliphatic carbocycles. The third-order valence-corrected chi connectivity index (χ3v) is 4.58. The van der Waals surface area contributed by atoms with Gasteiger partial charge < -0.3 is 5.32 Å². The second-order valence-corrected chi connectivity index (χ2v) is 6.78. The molecule has 0 unspecified atom stereocenters. The number of rotatable bonds is 6. The first kappa shape index (κ1) is 18.1. The Labute approximate surface area is 155 Å². The molecule has 0 radical (unpaired) electrons. The molecule has 0 saturated carbocycles. The molecule has 0 aliphatic heterocycles. The Morgan fingerprint density at radius 2 is 1.88 bits per heavy atom. The van der Waals surface area contributed by atoms with Gasteiger partial charge in [0, 0.05) is 29.1 Å². The first-order chi connectivity index (χ1) is 12.5. The zero-order valence-electron chi connectivity index (χ0n) is 14.8. The number of nitrogens with zero attached hydrogens (tertiary/aromatic N) is 4. The molecule has 0 fully saturated rings. The molecule has 3 rings (SSSR count).